The Labute approximate surface area is 113 Å². The first-order valence-corrected chi connectivity index (χ1v) is 5.53. The second kappa shape index (κ2) is 5.42. The molecule has 6 nitrogen and oxygen atoms in total. The van der Waals surface area contributed by atoms with E-state index in [1.165, 1.54) is 7.11 Å². The minimum atomic E-state index is -0.805. The van der Waals surface area contributed by atoms with Crippen molar-refractivity contribution in [2.24, 2.45) is 4.99 Å². The van der Waals surface area contributed by atoms with Gasteiger partial charge in [-0.3, -0.25) is 0 Å². The molecule has 1 heterocycles. The van der Waals surface area contributed by atoms with E-state index in [4.69, 9.17) is 21.7 Å². The number of ether oxygens (including phenoxy) is 1. The number of halogens is 1. The van der Waals surface area contributed by atoms with Gasteiger partial charge in [0.2, 0.25) is 5.57 Å². The SMILES string of the molecule is COC(=O)/C(C#N)=C1/N=C(c2ccc(Cl)cc2)NO1. The van der Waals surface area contributed by atoms with Crippen molar-refractivity contribution in [2.75, 3.05) is 7.11 Å². The molecule has 0 aliphatic carbocycles. The predicted octanol–water partition coefficient (Wildman–Crippen LogP) is 1.53. The number of carbonyl (C=O) groups is 1. The van der Waals surface area contributed by atoms with Gasteiger partial charge in [-0.05, 0) is 24.3 Å². The largest absolute Gasteiger partial charge is 0.465 e. The van der Waals surface area contributed by atoms with Gasteiger partial charge in [-0.25, -0.2) is 10.3 Å². The number of nitrogens with zero attached hydrogens (tertiary/aromatic N) is 2. The van der Waals surface area contributed by atoms with E-state index in [1.807, 2.05) is 0 Å². The number of hydrogen-bond donors (Lipinski definition) is 1. The first kappa shape index (κ1) is 12.9. The average Bonchev–Trinajstić information content (AvgIpc) is 2.89. The maximum absolute atomic E-state index is 11.3. The summed E-state index contributed by atoms with van der Waals surface area (Å²) < 4.78 is 4.46. The number of methoxy groups -OCH3 is 1. The molecule has 7 heteroatoms. The van der Waals surface area contributed by atoms with E-state index in [0.29, 0.717) is 16.4 Å². The van der Waals surface area contributed by atoms with E-state index in [-0.39, 0.29) is 11.5 Å². The molecule has 0 radical (unpaired) electrons. The third-order valence-corrected chi connectivity index (χ3v) is 2.54. The number of nitrogens with one attached hydrogen (secondary N) is 1. The van der Waals surface area contributed by atoms with Crippen LogP contribution in [-0.4, -0.2) is 18.9 Å². The standard InChI is InChI=1S/C12H8ClN3O3/c1-18-12(17)9(6-14)11-15-10(16-19-11)7-2-4-8(13)5-3-7/h2-5H,1H3,(H,15,16)/b11-9-. The van der Waals surface area contributed by atoms with Crippen LogP contribution < -0.4 is 5.48 Å². The second-order valence-corrected chi connectivity index (χ2v) is 3.89. The van der Waals surface area contributed by atoms with Crippen molar-refractivity contribution < 1.29 is 14.4 Å². The molecule has 0 saturated heterocycles. The Hall–Kier alpha value is -2.52. The van der Waals surface area contributed by atoms with E-state index in [9.17, 15) is 4.79 Å². The highest BCUT2D eigenvalue weighted by Crippen LogP contribution is 2.17. The van der Waals surface area contributed by atoms with Gasteiger partial charge >= 0.3 is 5.97 Å². The van der Waals surface area contributed by atoms with Gasteiger partial charge in [0.05, 0.1) is 7.11 Å². The molecule has 0 saturated carbocycles. The third kappa shape index (κ3) is 2.67. The fourth-order valence-electron chi connectivity index (χ4n) is 1.36. The maximum Gasteiger partial charge on any atom is 0.354 e. The van der Waals surface area contributed by atoms with Crippen LogP contribution in [0.5, 0.6) is 0 Å². The first-order chi connectivity index (χ1) is 9.15. The summed E-state index contributed by atoms with van der Waals surface area (Å²) in [4.78, 5) is 20.3. The summed E-state index contributed by atoms with van der Waals surface area (Å²) in [5, 5.41) is 9.47. The Balaban J connectivity index is 2.35. The van der Waals surface area contributed by atoms with Crippen molar-refractivity contribution in [3.8, 4) is 6.07 Å². The van der Waals surface area contributed by atoms with Crippen molar-refractivity contribution in [2.45, 2.75) is 0 Å². The Morgan fingerprint density at radius 3 is 2.74 bits per heavy atom. The topological polar surface area (TPSA) is 83.7 Å². The molecular weight excluding hydrogens is 270 g/mol. The summed E-state index contributed by atoms with van der Waals surface area (Å²) >= 11 is 5.78. The van der Waals surface area contributed by atoms with Gasteiger partial charge in [0.1, 0.15) is 6.07 Å². The van der Waals surface area contributed by atoms with Crippen molar-refractivity contribution >= 4 is 23.4 Å². The zero-order chi connectivity index (χ0) is 13.8. The molecule has 1 N–H and O–H groups in total. The molecule has 96 valence electrons. The van der Waals surface area contributed by atoms with E-state index in [0.717, 1.165) is 0 Å². The number of nitriles is 1. The third-order valence-electron chi connectivity index (χ3n) is 2.29. The van der Waals surface area contributed by atoms with E-state index < -0.39 is 5.97 Å². The van der Waals surface area contributed by atoms with E-state index in [1.54, 1.807) is 30.3 Å². The lowest BCUT2D eigenvalue weighted by atomic mass is 10.2. The van der Waals surface area contributed by atoms with Crippen LogP contribution in [0.15, 0.2) is 40.7 Å². The lowest BCUT2D eigenvalue weighted by molar-refractivity contribution is -0.135. The van der Waals surface area contributed by atoms with Gasteiger partial charge in [0.25, 0.3) is 5.88 Å². The molecule has 1 aliphatic heterocycles. The normalized spacial score (nSPS) is 15.7. The lowest BCUT2D eigenvalue weighted by Crippen LogP contribution is -2.17. The fourth-order valence-corrected chi connectivity index (χ4v) is 1.49. The smallest absolute Gasteiger partial charge is 0.354 e. The number of carbonyl (C=O) groups excluding carboxylic acids is 1. The quantitative estimate of drug-likeness (QED) is 0.503. The van der Waals surface area contributed by atoms with Crippen LogP contribution in [0.25, 0.3) is 0 Å². The monoisotopic (exact) mass is 277 g/mol. The number of aliphatic imine (C=N–C) groups is 1. The highest BCUT2D eigenvalue weighted by atomic mass is 35.5. The first-order valence-electron chi connectivity index (χ1n) is 5.16. The molecule has 0 aromatic heterocycles. The minimum absolute atomic E-state index is 0.126. The summed E-state index contributed by atoms with van der Waals surface area (Å²) in [7, 11) is 1.17. The number of rotatable bonds is 2. The summed E-state index contributed by atoms with van der Waals surface area (Å²) in [6, 6.07) is 8.52. The average molecular weight is 278 g/mol. The molecule has 1 aromatic rings. The highest BCUT2D eigenvalue weighted by Gasteiger charge is 2.23. The van der Waals surface area contributed by atoms with E-state index >= 15 is 0 Å². The van der Waals surface area contributed by atoms with Gasteiger partial charge in [-0.1, -0.05) is 11.6 Å². The number of esters is 1. The molecular formula is C12H8ClN3O3. The molecule has 0 bridgehead atoms. The Kier molecular flexibility index (Phi) is 3.68. The summed E-state index contributed by atoms with van der Waals surface area (Å²) in [5.74, 6) is -0.553. The number of amidine groups is 1. The molecule has 0 unspecified atom stereocenters. The van der Waals surface area contributed by atoms with Gasteiger partial charge in [-0.15, -0.1) is 0 Å². The predicted molar refractivity (Wildman–Crippen MR) is 66.9 cm³/mol. The molecule has 1 aliphatic rings. The summed E-state index contributed by atoms with van der Waals surface area (Å²) in [6.45, 7) is 0. The molecule has 0 atom stereocenters. The Bertz CT molecular complexity index is 614. The van der Waals surface area contributed by atoms with Gasteiger partial charge in [0.15, 0.2) is 5.84 Å². The number of benzene rings is 1. The van der Waals surface area contributed by atoms with Crippen LogP contribution in [0.4, 0.5) is 0 Å². The van der Waals surface area contributed by atoms with Crippen LogP contribution in [-0.2, 0) is 14.4 Å². The van der Waals surface area contributed by atoms with Crippen molar-refractivity contribution in [3.05, 3.63) is 46.3 Å². The van der Waals surface area contributed by atoms with Crippen molar-refractivity contribution in [1.29, 1.82) is 5.26 Å². The number of hydroxylamine groups is 1. The molecule has 1 aromatic carbocycles. The molecule has 0 amide bonds. The Morgan fingerprint density at radius 1 is 1.47 bits per heavy atom. The lowest BCUT2D eigenvalue weighted by Gasteiger charge is -2.00. The second-order valence-electron chi connectivity index (χ2n) is 3.45. The molecule has 0 spiro atoms. The zero-order valence-electron chi connectivity index (χ0n) is 9.81. The number of hydrogen-bond acceptors (Lipinski definition) is 6. The molecule has 0 fully saturated rings. The zero-order valence-corrected chi connectivity index (χ0v) is 10.6. The van der Waals surface area contributed by atoms with Crippen molar-refractivity contribution in [1.82, 2.24) is 5.48 Å². The van der Waals surface area contributed by atoms with Gasteiger partial charge in [-0.2, -0.15) is 10.3 Å². The highest BCUT2D eigenvalue weighted by molar-refractivity contribution is 6.30. The van der Waals surface area contributed by atoms with Crippen LogP contribution in [0.3, 0.4) is 0 Å². The van der Waals surface area contributed by atoms with Crippen LogP contribution in [0, 0.1) is 11.3 Å². The van der Waals surface area contributed by atoms with E-state index in [2.05, 4.69) is 15.2 Å². The Morgan fingerprint density at radius 2 is 2.16 bits per heavy atom. The van der Waals surface area contributed by atoms with Gasteiger partial charge in [0, 0.05) is 10.6 Å². The molecule has 2 rings (SSSR count). The van der Waals surface area contributed by atoms with Crippen LogP contribution >= 0.6 is 11.6 Å². The minimum Gasteiger partial charge on any atom is -0.465 e. The fraction of sp³-hybridized carbons (Fsp3) is 0.0833. The van der Waals surface area contributed by atoms with Crippen molar-refractivity contribution in [3.63, 3.8) is 0 Å². The summed E-state index contributed by atoms with van der Waals surface area (Å²) in [5.41, 5.74) is 2.93. The van der Waals surface area contributed by atoms with Crippen LogP contribution in [0.1, 0.15) is 5.56 Å². The van der Waals surface area contributed by atoms with Crippen LogP contribution in [0.2, 0.25) is 5.02 Å². The maximum atomic E-state index is 11.3. The van der Waals surface area contributed by atoms with Gasteiger partial charge < -0.3 is 9.57 Å². The molecule has 19 heavy (non-hydrogen) atoms. The summed E-state index contributed by atoms with van der Waals surface area (Å²) in [6.07, 6.45) is 0.